The summed E-state index contributed by atoms with van der Waals surface area (Å²) in [4.78, 5) is 30.8. The van der Waals surface area contributed by atoms with Gasteiger partial charge in [-0.05, 0) is 30.4 Å². The summed E-state index contributed by atoms with van der Waals surface area (Å²) in [6, 6.07) is 20.9. The number of hydrogen-bond acceptors (Lipinski definition) is 4. The minimum Gasteiger partial charge on any atom is -0.496 e. The molecule has 1 saturated heterocycles. The van der Waals surface area contributed by atoms with Crippen LogP contribution in [0.3, 0.4) is 0 Å². The van der Waals surface area contributed by atoms with Crippen molar-refractivity contribution in [3.8, 4) is 5.75 Å². The smallest absolute Gasteiger partial charge is 0.282 e. The first-order chi connectivity index (χ1) is 14.7. The maximum absolute atomic E-state index is 13.8. The Morgan fingerprint density at radius 2 is 1.50 bits per heavy atom. The zero-order valence-electron chi connectivity index (χ0n) is 16.8. The lowest BCUT2D eigenvalue weighted by molar-refractivity contribution is -0.120. The fraction of sp³-hybridized carbons (Fsp3) is 0.200. The van der Waals surface area contributed by atoms with Gasteiger partial charge in [0.05, 0.1) is 18.4 Å². The lowest BCUT2D eigenvalue weighted by Gasteiger charge is -2.21. The van der Waals surface area contributed by atoms with Gasteiger partial charge >= 0.3 is 0 Å². The molecule has 3 aromatic carbocycles. The Balaban J connectivity index is 1.71. The van der Waals surface area contributed by atoms with Crippen molar-refractivity contribution in [3.05, 3.63) is 78.0 Å². The molecule has 0 atom stereocenters. The van der Waals surface area contributed by atoms with Crippen molar-refractivity contribution < 1.29 is 14.3 Å². The fourth-order valence-electron chi connectivity index (χ4n) is 4.47. The molecule has 0 N–H and O–H groups in total. The molecular weight excluding hydrogens is 376 g/mol. The molecule has 5 rings (SSSR count). The first-order valence-electron chi connectivity index (χ1n) is 10.2. The summed E-state index contributed by atoms with van der Waals surface area (Å²) < 4.78 is 5.53. The van der Waals surface area contributed by atoms with E-state index in [0.29, 0.717) is 28.3 Å². The lowest BCUT2D eigenvalue weighted by atomic mass is 10.0. The number of fused-ring (bicyclic) bond motifs is 1. The Morgan fingerprint density at radius 1 is 0.800 bits per heavy atom. The predicted octanol–water partition coefficient (Wildman–Crippen LogP) is 4.23. The van der Waals surface area contributed by atoms with E-state index in [1.54, 1.807) is 7.11 Å². The number of nitrogens with zero attached hydrogens (tertiary/aromatic N) is 2. The third kappa shape index (κ3) is 2.77. The van der Waals surface area contributed by atoms with Gasteiger partial charge in [0.1, 0.15) is 11.4 Å². The molecule has 2 heterocycles. The molecule has 0 radical (unpaired) electrons. The molecule has 3 aromatic rings. The van der Waals surface area contributed by atoms with Crippen molar-refractivity contribution >= 4 is 33.8 Å². The second-order valence-corrected chi connectivity index (χ2v) is 7.56. The van der Waals surface area contributed by atoms with Crippen LogP contribution >= 0.6 is 0 Å². The van der Waals surface area contributed by atoms with E-state index in [1.165, 1.54) is 4.90 Å². The van der Waals surface area contributed by atoms with Crippen LogP contribution in [0.5, 0.6) is 5.75 Å². The van der Waals surface area contributed by atoms with E-state index in [4.69, 9.17) is 4.74 Å². The van der Waals surface area contributed by atoms with Crippen molar-refractivity contribution in [2.75, 3.05) is 25.1 Å². The van der Waals surface area contributed by atoms with Crippen molar-refractivity contribution in [1.29, 1.82) is 0 Å². The summed E-state index contributed by atoms with van der Waals surface area (Å²) >= 11 is 0. The summed E-state index contributed by atoms with van der Waals surface area (Å²) in [5.74, 6) is 0.0204. The zero-order chi connectivity index (χ0) is 20.7. The number of rotatable bonds is 4. The van der Waals surface area contributed by atoms with Gasteiger partial charge in [-0.3, -0.25) is 9.59 Å². The number of likely N-dealkylation sites (tertiary alicyclic amines) is 1. The average Bonchev–Trinajstić information content (AvgIpc) is 3.39. The van der Waals surface area contributed by atoms with Gasteiger partial charge in [-0.1, -0.05) is 54.6 Å². The molecule has 0 spiro atoms. The highest BCUT2D eigenvalue weighted by Gasteiger charge is 2.44. The van der Waals surface area contributed by atoms with Crippen LogP contribution in [0.15, 0.2) is 72.4 Å². The lowest BCUT2D eigenvalue weighted by Crippen LogP contribution is -2.34. The standard InChI is InChI=1S/C25H22N2O3/c1-30-21-14-5-4-12-19(21)22-23(26-15-6-7-16-26)25(29)27(24(22)28)20-13-8-10-17-9-2-3-11-18(17)20/h2-5,8-14H,6-7,15-16H2,1H3. The van der Waals surface area contributed by atoms with Crippen LogP contribution in [0.4, 0.5) is 5.69 Å². The highest BCUT2D eigenvalue weighted by atomic mass is 16.5. The highest BCUT2D eigenvalue weighted by molar-refractivity contribution is 6.46. The van der Waals surface area contributed by atoms with Crippen LogP contribution < -0.4 is 9.64 Å². The van der Waals surface area contributed by atoms with Gasteiger partial charge in [0, 0.05) is 24.0 Å². The largest absolute Gasteiger partial charge is 0.496 e. The van der Waals surface area contributed by atoms with Gasteiger partial charge < -0.3 is 9.64 Å². The third-order valence-corrected chi connectivity index (χ3v) is 5.87. The molecule has 1 fully saturated rings. The average molecular weight is 398 g/mol. The van der Waals surface area contributed by atoms with Gasteiger partial charge in [0.2, 0.25) is 0 Å². The van der Waals surface area contributed by atoms with Gasteiger partial charge in [-0.15, -0.1) is 0 Å². The summed E-state index contributed by atoms with van der Waals surface area (Å²) in [5, 5.41) is 1.87. The second-order valence-electron chi connectivity index (χ2n) is 7.56. The van der Waals surface area contributed by atoms with Crippen LogP contribution in [-0.2, 0) is 9.59 Å². The van der Waals surface area contributed by atoms with E-state index >= 15 is 0 Å². The van der Waals surface area contributed by atoms with Crippen molar-refractivity contribution in [3.63, 3.8) is 0 Å². The van der Waals surface area contributed by atoms with Crippen molar-refractivity contribution in [2.45, 2.75) is 12.8 Å². The predicted molar refractivity (Wildman–Crippen MR) is 117 cm³/mol. The highest BCUT2D eigenvalue weighted by Crippen LogP contribution is 2.40. The first-order valence-corrected chi connectivity index (χ1v) is 10.2. The van der Waals surface area contributed by atoms with E-state index in [-0.39, 0.29) is 11.8 Å². The number of anilines is 1. The summed E-state index contributed by atoms with van der Waals surface area (Å²) in [6.07, 6.45) is 2.02. The Labute approximate surface area is 175 Å². The fourth-order valence-corrected chi connectivity index (χ4v) is 4.47. The molecule has 150 valence electrons. The normalized spacial score (nSPS) is 16.8. The number of para-hydroxylation sites is 1. The molecule has 5 heteroatoms. The Morgan fingerprint density at radius 3 is 2.30 bits per heavy atom. The quantitative estimate of drug-likeness (QED) is 0.617. The van der Waals surface area contributed by atoms with Crippen LogP contribution in [0.1, 0.15) is 18.4 Å². The molecule has 2 aliphatic heterocycles. The molecule has 2 aliphatic rings. The Hall–Kier alpha value is -3.60. The van der Waals surface area contributed by atoms with Crippen LogP contribution in [0.25, 0.3) is 16.3 Å². The number of methoxy groups -OCH3 is 1. The minimum absolute atomic E-state index is 0.265. The molecule has 30 heavy (non-hydrogen) atoms. The number of imide groups is 1. The van der Waals surface area contributed by atoms with E-state index in [2.05, 4.69) is 0 Å². The number of carbonyl (C=O) groups excluding carboxylic acids is 2. The van der Waals surface area contributed by atoms with E-state index in [9.17, 15) is 9.59 Å². The first kappa shape index (κ1) is 18.4. The summed E-state index contributed by atoms with van der Waals surface area (Å²) in [5.41, 5.74) is 2.18. The van der Waals surface area contributed by atoms with Gasteiger partial charge in [-0.2, -0.15) is 0 Å². The van der Waals surface area contributed by atoms with Crippen molar-refractivity contribution in [1.82, 2.24) is 4.90 Å². The van der Waals surface area contributed by atoms with Gasteiger partial charge in [0.15, 0.2) is 0 Å². The van der Waals surface area contributed by atoms with E-state index in [0.717, 1.165) is 36.7 Å². The number of hydrogen-bond donors (Lipinski definition) is 0. The summed E-state index contributed by atoms with van der Waals surface area (Å²) in [6.45, 7) is 1.55. The number of ether oxygens (including phenoxy) is 1. The molecule has 0 aromatic heterocycles. The monoisotopic (exact) mass is 398 g/mol. The van der Waals surface area contributed by atoms with Crippen LogP contribution in [-0.4, -0.2) is 36.9 Å². The zero-order valence-corrected chi connectivity index (χ0v) is 16.8. The molecule has 2 amide bonds. The Bertz CT molecular complexity index is 1190. The molecule has 0 saturated carbocycles. The third-order valence-electron chi connectivity index (χ3n) is 5.87. The van der Waals surface area contributed by atoms with Crippen molar-refractivity contribution in [2.24, 2.45) is 0 Å². The molecule has 0 bridgehead atoms. The van der Waals surface area contributed by atoms with E-state index < -0.39 is 0 Å². The van der Waals surface area contributed by atoms with Crippen LogP contribution in [0, 0.1) is 0 Å². The number of benzene rings is 3. The number of carbonyl (C=O) groups is 2. The van der Waals surface area contributed by atoms with Gasteiger partial charge in [0.25, 0.3) is 11.8 Å². The molecule has 0 unspecified atom stereocenters. The maximum Gasteiger partial charge on any atom is 0.282 e. The topological polar surface area (TPSA) is 49.9 Å². The molecule has 5 nitrogen and oxygen atoms in total. The Kier molecular flexibility index (Phi) is 4.51. The second kappa shape index (κ2) is 7.34. The number of amides is 2. The summed E-state index contributed by atoms with van der Waals surface area (Å²) in [7, 11) is 1.58. The SMILES string of the molecule is COc1ccccc1C1=C(N2CCCC2)C(=O)N(c2cccc3ccccc23)C1=O. The molecular formula is C25H22N2O3. The van der Waals surface area contributed by atoms with Crippen LogP contribution in [0.2, 0.25) is 0 Å². The minimum atomic E-state index is -0.303. The van der Waals surface area contributed by atoms with Gasteiger partial charge in [-0.25, -0.2) is 4.90 Å². The molecule has 0 aliphatic carbocycles. The maximum atomic E-state index is 13.8. The van der Waals surface area contributed by atoms with E-state index in [1.807, 2.05) is 71.6 Å².